The number of benzene rings is 2. The molecule has 25 heavy (non-hydrogen) atoms. The van der Waals surface area contributed by atoms with Crippen LogP contribution in [0.5, 0.6) is 0 Å². The highest BCUT2D eigenvalue weighted by atomic mass is 16.1. The van der Waals surface area contributed by atoms with Crippen LogP contribution in [0, 0.1) is 0 Å². The highest BCUT2D eigenvalue weighted by Crippen LogP contribution is 2.30. The highest BCUT2D eigenvalue weighted by molar-refractivity contribution is 5.94. The molecule has 0 fully saturated rings. The Morgan fingerprint density at radius 3 is 2.48 bits per heavy atom. The van der Waals surface area contributed by atoms with Crippen LogP contribution in [0.4, 0.5) is 0 Å². The first-order valence-corrected chi connectivity index (χ1v) is 8.05. The molecule has 0 spiro atoms. The lowest BCUT2D eigenvalue weighted by molar-refractivity contribution is 1.07. The van der Waals surface area contributed by atoms with Crippen molar-refractivity contribution >= 4 is 16.6 Å². The van der Waals surface area contributed by atoms with Gasteiger partial charge in [0, 0.05) is 17.4 Å². The van der Waals surface area contributed by atoms with E-state index in [1.807, 2.05) is 72.3 Å². The summed E-state index contributed by atoms with van der Waals surface area (Å²) in [6.07, 6.45) is 3.41. The molecule has 4 rings (SSSR count). The molecule has 0 atom stereocenters. The Labute approximate surface area is 145 Å². The molecule has 0 saturated heterocycles. The van der Waals surface area contributed by atoms with Crippen molar-refractivity contribution < 1.29 is 0 Å². The molecule has 2 aromatic heterocycles. The normalized spacial score (nSPS) is 10.9. The minimum absolute atomic E-state index is 0.140. The van der Waals surface area contributed by atoms with Gasteiger partial charge in [-0.05, 0) is 30.2 Å². The average molecular weight is 327 g/mol. The van der Waals surface area contributed by atoms with Gasteiger partial charge in [0.1, 0.15) is 0 Å². The monoisotopic (exact) mass is 327 g/mol. The fourth-order valence-corrected chi connectivity index (χ4v) is 3.01. The van der Waals surface area contributed by atoms with E-state index in [-0.39, 0.29) is 5.56 Å². The molecule has 2 aromatic carbocycles. The predicted molar refractivity (Wildman–Crippen MR) is 102 cm³/mol. The van der Waals surface area contributed by atoms with Crippen molar-refractivity contribution in [2.75, 3.05) is 0 Å². The van der Waals surface area contributed by atoms with Crippen molar-refractivity contribution in [3.05, 3.63) is 89.6 Å². The van der Waals surface area contributed by atoms with Crippen molar-refractivity contribution in [1.29, 1.82) is 0 Å². The van der Waals surface area contributed by atoms with Gasteiger partial charge in [-0.3, -0.25) is 4.79 Å². The minimum Gasteiger partial charge on any atom is -0.312 e. The Morgan fingerprint density at radius 1 is 1.08 bits per heavy atom. The molecule has 0 aliphatic rings. The van der Waals surface area contributed by atoms with Gasteiger partial charge >= 0.3 is 0 Å². The zero-order chi connectivity index (χ0) is 17.4. The third-order valence-electron chi connectivity index (χ3n) is 4.31. The number of nitrogens with one attached hydrogen (secondary N) is 1. The van der Waals surface area contributed by atoms with E-state index in [2.05, 4.69) is 16.5 Å². The number of para-hydroxylation sites is 1. The van der Waals surface area contributed by atoms with Gasteiger partial charge in [-0.1, -0.05) is 54.6 Å². The van der Waals surface area contributed by atoms with Crippen LogP contribution in [0.25, 0.3) is 33.4 Å². The van der Waals surface area contributed by atoms with E-state index in [0.29, 0.717) is 11.0 Å². The van der Waals surface area contributed by atoms with E-state index in [1.54, 1.807) is 0 Å². The molecule has 122 valence electrons. The lowest BCUT2D eigenvalue weighted by Gasteiger charge is -2.03. The third kappa shape index (κ3) is 2.58. The van der Waals surface area contributed by atoms with Crippen LogP contribution in [0.15, 0.2) is 78.5 Å². The number of nitrogens with zero attached hydrogens (tertiary/aromatic N) is 2. The molecule has 4 heteroatoms. The van der Waals surface area contributed by atoms with Crippen LogP contribution in [0.1, 0.15) is 12.5 Å². The van der Waals surface area contributed by atoms with E-state index in [9.17, 15) is 4.79 Å². The maximum atomic E-state index is 12.5. The van der Waals surface area contributed by atoms with Crippen LogP contribution in [0.3, 0.4) is 0 Å². The summed E-state index contributed by atoms with van der Waals surface area (Å²) in [7, 11) is 0. The number of aromatic amines is 1. The summed E-state index contributed by atoms with van der Waals surface area (Å²) in [6, 6.07) is 18.0. The van der Waals surface area contributed by atoms with Crippen LogP contribution in [0.2, 0.25) is 0 Å². The first kappa shape index (κ1) is 15.1. The summed E-state index contributed by atoms with van der Waals surface area (Å²) in [4.78, 5) is 19.6. The maximum Gasteiger partial charge on any atom is 0.260 e. The molecule has 0 aliphatic carbocycles. The molecule has 0 amide bonds. The lowest BCUT2D eigenvalue weighted by Crippen LogP contribution is -2.07. The largest absolute Gasteiger partial charge is 0.312 e. The van der Waals surface area contributed by atoms with Crippen molar-refractivity contribution in [1.82, 2.24) is 14.5 Å². The summed E-state index contributed by atoms with van der Waals surface area (Å²) in [5.74, 6) is 0. The van der Waals surface area contributed by atoms with E-state index in [1.165, 1.54) is 6.33 Å². The molecule has 0 unspecified atom stereocenters. The van der Waals surface area contributed by atoms with Crippen LogP contribution in [-0.2, 0) is 0 Å². The van der Waals surface area contributed by atoms with Crippen molar-refractivity contribution in [3.8, 4) is 16.8 Å². The molecular formula is C21H17N3O. The Hall–Kier alpha value is -3.40. The van der Waals surface area contributed by atoms with Crippen molar-refractivity contribution in [2.45, 2.75) is 6.92 Å². The van der Waals surface area contributed by atoms with Crippen molar-refractivity contribution in [3.63, 3.8) is 0 Å². The van der Waals surface area contributed by atoms with Gasteiger partial charge in [-0.2, -0.15) is 0 Å². The summed E-state index contributed by atoms with van der Waals surface area (Å²) in [5, 5.41) is 0.592. The van der Waals surface area contributed by atoms with Crippen LogP contribution < -0.4 is 5.56 Å². The average Bonchev–Trinajstić information content (AvgIpc) is 3.03. The summed E-state index contributed by atoms with van der Waals surface area (Å²) in [6.45, 7) is 5.94. The van der Waals surface area contributed by atoms with Crippen LogP contribution in [-0.4, -0.2) is 14.5 Å². The van der Waals surface area contributed by atoms with Gasteiger partial charge in [-0.25, -0.2) is 4.98 Å². The molecule has 0 saturated carbocycles. The smallest absolute Gasteiger partial charge is 0.260 e. The second kappa shape index (κ2) is 5.91. The van der Waals surface area contributed by atoms with E-state index in [4.69, 9.17) is 0 Å². The number of hydrogen-bond donors (Lipinski definition) is 1. The van der Waals surface area contributed by atoms with Crippen LogP contribution >= 0.6 is 0 Å². The van der Waals surface area contributed by atoms with Crippen molar-refractivity contribution in [2.24, 2.45) is 0 Å². The quantitative estimate of drug-likeness (QED) is 0.606. The standard InChI is InChI=1S/C21H17N3O/c1-14(2)15-8-10-16(11-9-15)18-12-24(17-6-4-3-5-7-17)20-19(18)21(25)23-13-22-20/h3-13H,1H2,2H3,(H,22,23,25). The van der Waals surface area contributed by atoms with E-state index < -0.39 is 0 Å². The number of allylic oxidation sites excluding steroid dienone is 1. The Balaban J connectivity index is 1.98. The zero-order valence-electron chi connectivity index (χ0n) is 13.9. The molecule has 0 radical (unpaired) electrons. The van der Waals surface area contributed by atoms with Gasteiger partial charge in [0.05, 0.1) is 11.7 Å². The summed E-state index contributed by atoms with van der Waals surface area (Å²) >= 11 is 0. The second-order valence-electron chi connectivity index (χ2n) is 6.04. The maximum absolute atomic E-state index is 12.5. The molecular weight excluding hydrogens is 310 g/mol. The molecule has 0 bridgehead atoms. The number of hydrogen-bond acceptors (Lipinski definition) is 2. The number of rotatable bonds is 3. The summed E-state index contributed by atoms with van der Waals surface area (Å²) in [5.41, 5.74) is 5.41. The van der Waals surface area contributed by atoms with E-state index >= 15 is 0 Å². The van der Waals surface area contributed by atoms with Gasteiger partial charge < -0.3 is 9.55 Å². The van der Waals surface area contributed by atoms with E-state index in [0.717, 1.165) is 28.0 Å². The van der Waals surface area contributed by atoms with Gasteiger partial charge in [0.2, 0.25) is 0 Å². The third-order valence-corrected chi connectivity index (χ3v) is 4.31. The lowest BCUT2D eigenvalue weighted by atomic mass is 10.0. The predicted octanol–water partition coefficient (Wildman–Crippen LogP) is 4.41. The molecule has 2 heterocycles. The zero-order valence-corrected chi connectivity index (χ0v) is 13.9. The first-order chi connectivity index (χ1) is 12.1. The molecule has 4 nitrogen and oxygen atoms in total. The first-order valence-electron chi connectivity index (χ1n) is 8.05. The fraction of sp³-hybridized carbons (Fsp3) is 0.0476. The second-order valence-corrected chi connectivity index (χ2v) is 6.04. The molecule has 1 N–H and O–H groups in total. The fourth-order valence-electron chi connectivity index (χ4n) is 3.01. The number of fused-ring (bicyclic) bond motifs is 1. The Kier molecular flexibility index (Phi) is 3.58. The Morgan fingerprint density at radius 2 is 1.80 bits per heavy atom. The molecule has 4 aromatic rings. The number of aromatic nitrogens is 3. The molecule has 0 aliphatic heterocycles. The summed E-state index contributed by atoms with van der Waals surface area (Å²) < 4.78 is 1.95. The number of H-pyrrole nitrogens is 1. The Bertz CT molecular complexity index is 1120. The SMILES string of the molecule is C=C(C)c1ccc(-c2cn(-c3ccccc3)c3nc[nH]c(=O)c23)cc1. The minimum atomic E-state index is -0.140. The van der Waals surface area contributed by atoms with Gasteiger partial charge in [-0.15, -0.1) is 0 Å². The topological polar surface area (TPSA) is 50.7 Å². The van der Waals surface area contributed by atoms with Gasteiger partial charge in [0.25, 0.3) is 5.56 Å². The van der Waals surface area contributed by atoms with Gasteiger partial charge in [0.15, 0.2) is 5.65 Å². The highest BCUT2D eigenvalue weighted by Gasteiger charge is 2.15.